The van der Waals surface area contributed by atoms with E-state index >= 15 is 0 Å². The summed E-state index contributed by atoms with van der Waals surface area (Å²) >= 11 is 12.4. The molecule has 186 valence electrons. The molecule has 0 spiro atoms. The summed E-state index contributed by atoms with van der Waals surface area (Å²) in [4.78, 5) is 15.8. The summed E-state index contributed by atoms with van der Waals surface area (Å²) in [6, 6.07) is 14.0. The molecule has 0 bridgehead atoms. The summed E-state index contributed by atoms with van der Waals surface area (Å²) in [7, 11) is -3.21. The Kier molecular flexibility index (Phi) is 9.00. The third-order valence-corrected chi connectivity index (χ3v) is 8.52. The average molecular weight is 529 g/mol. The van der Waals surface area contributed by atoms with Crippen LogP contribution in [0.3, 0.4) is 0 Å². The Labute approximate surface area is 211 Å². The van der Waals surface area contributed by atoms with Crippen LogP contribution in [0.1, 0.15) is 30.5 Å². The number of halogens is 2. The van der Waals surface area contributed by atoms with E-state index in [4.69, 9.17) is 23.2 Å². The molecule has 7 nitrogen and oxygen atoms in total. The number of nitrogens with one attached hydrogen (secondary N) is 1. The smallest absolute Gasteiger partial charge is 0.230 e. The molecule has 0 unspecified atom stereocenters. The number of hydrogen-bond donors (Lipinski definition) is 2. The van der Waals surface area contributed by atoms with Gasteiger partial charge in [0, 0.05) is 26.2 Å². The molecule has 1 amide bonds. The van der Waals surface area contributed by atoms with Gasteiger partial charge in [0.1, 0.15) is 0 Å². The van der Waals surface area contributed by atoms with Gasteiger partial charge in [0.05, 0.1) is 34.4 Å². The molecule has 0 saturated carbocycles. The van der Waals surface area contributed by atoms with E-state index in [1.54, 1.807) is 18.2 Å². The molecule has 1 heterocycles. The molecule has 3 rings (SSSR count). The predicted octanol–water partition coefficient (Wildman–Crippen LogP) is 3.07. The van der Waals surface area contributed by atoms with Crippen LogP contribution in [0.15, 0.2) is 48.5 Å². The lowest BCUT2D eigenvalue weighted by molar-refractivity contribution is -0.127. The van der Waals surface area contributed by atoms with Gasteiger partial charge in [-0.15, -0.1) is 0 Å². The van der Waals surface area contributed by atoms with Crippen LogP contribution in [-0.2, 0) is 20.2 Å². The molecule has 1 aliphatic heterocycles. The van der Waals surface area contributed by atoms with Crippen molar-refractivity contribution in [3.63, 3.8) is 0 Å². The van der Waals surface area contributed by atoms with Crippen molar-refractivity contribution in [2.75, 3.05) is 45.6 Å². The standard InChI is InChI=1S/C24H31Cl2N3O4S/c1-24(19-8-9-20(25)21(26)16-19,10-11-28-12-14-29(15-13-28)34(2,32)33)23(31)27-22(17-30)18-6-4-3-5-7-18/h3-9,16,22,30H,10-15,17H2,1-2H3,(H,27,31)/t22-,24+/m0/s1. The van der Waals surface area contributed by atoms with E-state index in [1.807, 2.05) is 37.3 Å². The lowest BCUT2D eigenvalue weighted by atomic mass is 9.78. The first kappa shape index (κ1) is 26.9. The van der Waals surface area contributed by atoms with E-state index in [0.29, 0.717) is 49.2 Å². The zero-order chi connectivity index (χ0) is 24.9. The fourth-order valence-corrected chi connectivity index (χ4v) is 5.26. The van der Waals surface area contributed by atoms with Crippen LogP contribution in [0.25, 0.3) is 0 Å². The van der Waals surface area contributed by atoms with Crippen molar-refractivity contribution >= 4 is 39.1 Å². The molecular formula is C24H31Cl2N3O4S. The molecule has 1 fully saturated rings. The maximum absolute atomic E-state index is 13.7. The second-order valence-corrected chi connectivity index (χ2v) is 11.6. The minimum Gasteiger partial charge on any atom is -0.394 e. The van der Waals surface area contributed by atoms with Crippen molar-refractivity contribution in [2.24, 2.45) is 0 Å². The molecular weight excluding hydrogens is 497 g/mol. The SMILES string of the molecule is C[C@](CCN1CCN(S(C)(=O)=O)CC1)(C(=O)N[C@@H](CO)c1ccccc1)c1ccc(Cl)c(Cl)c1. The van der Waals surface area contributed by atoms with Gasteiger partial charge >= 0.3 is 0 Å². The highest BCUT2D eigenvalue weighted by Crippen LogP contribution is 2.34. The van der Waals surface area contributed by atoms with Crippen LogP contribution in [0.5, 0.6) is 0 Å². The highest BCUT2D eigenvalue weighted by Gasteiger charge is 2.37. The zero-order valence-electron chi connectivity index (χ0n) is 19.4. The Bertz CT molecular complexity index is 1090. The Hall–Kier alpha value is -1.68. The number of aliphatic hydroxyl groups excluding tert-OH is 1. The maximum Gasteiger partial charge on any atom is 0.230 e. The molecule has 0 radical (unpaired) electrons. The Balaban J connectivity index is 1.80. The first-order chi connectivity index (χ1) is 16.0. The molecule has 1 aliphatic rings. The molecule has 2 aromatic carbocycles. The number of nitrogens with zero attached hydrogens (tertiary/aromatic N) is 2. The van der Waals surface area contributed by atoms with Gasteiger partial charge in [-0.25, -0.2) is 8.42 Å². The fourth-order valence-electron chi connectivity index (χ4n) is 4.13. The number of hydrogen-bond acceptors (Lipinski definition) is 5. The number of sulfonamides is 1. The second kappa shape index (κ2) is 11.4. The van der Waals surface area contributed by atoms with Crippen molar-refractivity contribution in [3.05, 3.63) is 69.7 Å². The quantitative estimate of drug-likeness (QED) is 0.522. The number of piperazine rings is 1. The van der Waals surface area contributed by atoms with Gasteiger partial charge in [0.2, 0.25) is 15.9 Å². The molecule has 10 heteroatoms. The summed E-state index contributed by atoms with van der Waals surface area (Å²) in [6.45, 7) is 4.25. The van der Waals surface area contributed by atoms with Gasteiger partial charge < -0.3 is 15.3 Å². The van der Waals surface area contributed by atoms with Crippen molar-refractivity contribution in [3.8, 4) is 0 Å². The zero-order valence-corrected chi connectivity index (χ0v) is 21.7. The van der Waals surface area contributed by atoms with E-state index < -0.39 is 21.5 Å². The van der Waals surface area contributed by atoms with E-state index in [1.165, 1.54) is 10.6 Å². The van der Waals surface area contributed by atoms with Crippen molar-refractivity contribution in [1.82, 2.24) is 14.5 Å². The number of aliphatic hydroxyl groups is 1. The van der Waals surface area contributed by atoms with Crippen LogP contribution in [0.4, 0.5) is 0 Å². The van der Waals surface area contributed by atoms with Gasteiger partial charge in [-0.3, -0.25) is 4.79 Å². The number of carbonyl (C=O) groups is 1. The van der Waals surface area contributed by atoms with Crippen LogP contribution >= 0.6 is 23.2 Å². The Morgan fingerprint density at radius 1 is 1.09 bits per heavy atom. The van der Waals surface area contributed by atoms with Crippen LogP contribution in [0, 0.1) is 0 Å². The minimum absolute atomic E-state index is 0.233. The molecule has 2 N–H and O–H groups in total. The normalized spacial score (nSPS) is 18.3. The molecule has 2 aromatic rings. The van der Waals surface area contributed by atoms with Crippen molar-refractivity contribution in [2.45, 2.75) is 24.8 Å². The van der Waals surface area contributed by atoms with Gasteiger partial charge in [-0.05, 0) is 43.1 Å². The summed E-state index contributed by atoms with van der Waals surface area (Å²) in [5.74, 6) is -0.233. The highest BCUT2D eigenvalue weighted by atomic mass is 35.5. The van der Waals surface area contributed by atoms with E-state index in [-0.39, 0.29) is 12.5 Å². The monoisotopic (exact) mass is 527 g/mol. The lowest BCUT2D eigenvalue weighted by Crippen LogP contribution is -2.50. The summed E-state index contributed by atoms with van der Waals surface area (Å²) in [6.07, 6.45) is 1.70. The third kappa shape index (κ3) is 6.50. The number of carbonyl (C=O) groups excluding carboxylic acids is 1. The highest BCUT2D eigenvalue weighted by molar-refractivity contribution is 7.88. The first-order valence-corrected chi connectivity index (χ1v) is 13.7. The molecule has 0 aromatic heterocycles. The number of benzene rings is 2. The maximum atomic E-state index is 13.7. The van der Waals surface area contributed by atoms with Crippen LogP contribution in [-0.4, -0.2) is 74.2 Å². The summed E-state index contributed by atoms with van der Waals surface area (Å²) in [5, 5.41) is 13.7. The van der Waals surface area contributed by atoms with E-state index in [9.17, 15) is 18.3 Å². The number of rotatable bonds is 9. The van der Waals surface area contributed by atoms with Crippen LogP contribution < -0.4 is 5.32 Å². The van der Waals surface area contributed by atoms with Gasteiger partial charge in [-0.2, -0.15) is 4.31 Å². The van der Waals surface area contributed by atoms with E-state index in [2.05, 4.69) is 10.2 Å². The fraction of sp³-hybridized carbons (Fsp3) is 0.458. The molecule has 1 saturated heterocycles. The first-order valence-electron chi connectivity index (χ1n) is 11.1. The minimum atomic E-state index is -3.21. The van der Waals surface area contributed by atoms with Crippen molar-refractivity contribution < 1.29 is 18.3 Å². The predicted molar refractivity (Wildman–Crippen MR) is 136 cm³/mol. The summed E-state index contributed by atoms with van der Waals surface area (Å²) < 4.78 is 25.1. The average Bonchev–Trinajstić information content (AvgIpc) is 2.82. The lowest BCUT2D eigenvalue weighted by Gasteiger charge is -2.37. The number of amides is 1. The third-order valence-electron chi connectivity index (χ3n) is 6.48. The van der Waals surface area contributed by atoms with Gasteiger partial charge in [0.25, 0.3) is 0 Å². The van der Waals surface area contributed by atoms with Gasteiger partial charge in [0.15, 0.2) is 0 Å². The summed E-state index contributed by atoms with van der Waals surface area (Å²) in [5.41, 5.74) is 0.579. The molecule has 2 atom stereocenters. The molecule has 34 heavy (non-hydrogen) atoms. The Morgan fingerprint density at radius 2 is 1.74 bits per heavy atom. The Morgan fingerprint density at radius 3 is 2.29 bits per heavy atom. The van der Waals surface area contributed by atoms with Crippen LogP contribution in [0.2, 0.25) is 10.0 Å². The largest absolute Gasteiger partial charge is 0.394 e. The molecule has 0 aliphatic carbocycles. The second-order valence-electron chi connectivity index (χ2n) is 8.83. The van der Waals surface area contributed by atoms with E-state index in [0.717, 1.165) is 11.1 Å². The topological polar surface area (TPSA) is 90.0 Å². The van der Waals surface area contributed by atoms with Gasteiger partial charge in [-0.1, -0.05) is 59.6 Å². The van der Waals surface area contributed by atoms with Crippen molar-refractivity contribution in [1.29, 1.82) is 0 Å².